The first-order valence-electron chi connectivity index (χ1n) is 7.64. The Morgan fingerprint density at radius 2 is 1.92 bits per heavy atom. The highest BCUT2D eigenvalue weighted by atomic mass is 35.5. The van der Waals surface area contributed by atoms with Crippen molar-refractivity contribution in [3.63, 3.8) is 0 Å². The van der Waals surface area contributed by atoms with Crippen molar-refractivity contribution in [2.75, 3.05) is 4.90 Å². The van der Waals surface area contributed by atoms with Crippen molar-refractivity contribution in [2.24, 2.45) is 5.73 Å². The number of hydrogen-bond donors (Lipinski definition) is 1. The molecule has 0 fully saturated rings. The smallest absolute Gasteiger partial charge is 0.270 e. The van der Waals surface area contributed by atoms with Crippen molar-refractivity contribution in [3.8, 4) is 0 Å². The lowest BCUT2D eigenvalue weighted by molar-refractivity contribution is 0.0996. The minimum absolute atomic E-state index is 0.168. The predicted octanol–water partition coefficient (Wildman–Crippen LogP) is 4.31. The third-order valence-corrected chi connectivity index (χ3v) is 5.15. The molecule has 0 aliphatic heterocycles. The standard InChI is InChI=1S/C18H12ClN5OS/c19-12-3-5-13(6-4-12)24(14-2-1-7-21-10-14)15-8-11-9-22-23-16(18(20)25)17(11)26-15/h1-10H,(H2,20,25). The Morgan fingerprint density at radius 1 is 1.12 bits per heavy atom. The van der Waals surface area contributed by atoms with Crippen LogP contribution in [0.25, 0.3) is 10.1 Å². The number of hydrogen-bond acceptors (Lipinski definition) is 6. The molecule has 3 aromatic heterocycles. The average molecular weight is 382 g/mol. The number of primary amides is 1. The van der Waals surface area contributed by atoms with E-state index in [4.69, 9.17) is 17.3 Å². The summed E-state index contributed by atoms with van der Waals surface area (Å²) in [7, 11) is 0. The Bertz CT molecular complexity index is 1080. The molecule has 2 N–H and O–H groups in total. The Hall–Kier alpha value is -3.03. The molecule has 4 rings (SSSR count). The minimum atomic E-state index is -0.601. The third kappa shape index (κ3) is 2.98. The summed E-state index contributed by atoms with van der Waals surface area (Å²) < 4.78 is 0.699. The lowest BCUT2D eigenvalue weighted by atomic mass is 10.2. The van der Waals surface area contributed by atoms with Gasteiger partial charge < -0.3 is 10.6 Å². The molecule has 1 amide bonds. The van der Waals surface area contributed by atoms with E-state index < -0.39 is 5.91 Å². The third-order valence-electron chi connectivity index (χ3n) is 3.76. The molecular formula is C18H12ClN5OS. The van der Waals surface area contributed by atoms with Gasteiger partial charge in [0.25, 0.3) is 5.91 Å². The molecule has 128 valence electrons. The van der Waals surface area contributed by atoms with Gasteiger partial charge in [0.05, 0.1) is 22.8 Å². The summed E-state index contributed by atoms with van der Waals surface area (Å²) in [5.74, 6) is -0.601. The molecule has 0 spiro atoms. The zero-order chi connectivity index (χ0) is 18.1. The molecule has 0 saturated carbocycles. The average Bonchev–Trinajstić information content (AvgIpc) is 3.08. The van der Waals surface area contributed by atoms with Crippen LogP contribution in [0.5, 0.6) is 0 Å². The number of carbonyl (C=O) groups is 1. The Morgan fingerprint density at radius 3 is 2.62 bits per heavy atom. The molecule has 0 radical (unpaired) electrons. The first-order chi connectivity index (χ1) is 12.6. The maximum absolute atomic E-state index is 11.7. The molecule has 0 saturated heterocycles. The molecule has 26 heavy (non-hydrogen) atoms. The SMILES string of the molecule is NC(=O)c1nncc2cc(N(c3ccc(Cl)cc3)c3cccnc3)sc12. The van der Waals surface area contributed by atoms with Crippen LogP contribution in [-0.4, -0.2) is 21.1 Å². The van der Waals surface area contributed by atoms with Gasteiger partial charge in [-0.2, -0.15) is 5.10 Å². The summed E-state index contributed by atoms with van der Waals surface area (Å²) >= 11 is 7.45. The normalized spacial score (nSPS) is 10.8. The van der Waals surface area contributed by atoms with Crippen molar-refractivity contribution in [3.05, 3.63) is 71.8 Å². The van der Waals surface area contributed by atoms with Crippen LogP contribution in [0.1, 0.15) is 10.5 Å². The summed E-state index contributed by atoms with van der Waals surface area (Å²) in [6, 6.07) is 13.3. The van der Waals surface area contributed by atoms with E-state index in [0.29, 0.717) is 9.72 Å². The molecule has 1 aromatic carbocycles. The molecule has 8 heteroatoms. The molecule has 4 aromatic rings. The number of thiophene rings is 1. The van der Waals surface area contributed by atoms with Crippen molar-refractivity contribution in [1.82, 2.24) is 15.2 Å². The quantitative estimate of drug-likeness (QED) is 0.569. The lowest BCUT2D eigenvalue weighted by Crippen LogP contribution is -2.13. The van der Waals surface area contributed by atoms with Gasteiger partial charge in [0.2, 0.25) is 0 Å². The molecule has 0 aliphatic carbocycles. The zero-order valence-electron chi connectivity index (χ0n) is 13.3. The van der Waals surface area contributed by atoms with Crippen molar-refractivity contribution in [2.45, 2.75) is 0 Å². The molecule has 0 aliphatic rings. The molecular weight excluding hydrogens is 370 g/mol. The fourth-order valence-electron chi connectivity index (χ4n) is 2.62. The summed E-state index contributed by atoms with van der Waals surface area (Å²) in [5, 5.41) is 10.1. The Labute approximate surface area is 157 Å². The first-order valence-corrected chi connectivity index (χ1v) is 8.83. The summed E-state index contributed by atoms with van der Waals surface area (Å²) in [6.07, 6.45) is 5.10. The fourth-order valence-corrected chi connectivity index (χ4v) is 3.91. The number of carbonyl (C=O) groups excluding carboxylic acids is 1. The number of fused-ring (bicyclic) bond motifs is 1. The van der Waals surface area contributed by atoms with E-state index in [2.05, 4.69) is 15.2 Å². The Balaban J connectivity index is 1.92. The van der Waals surface area contributed by atoms with E-state index >= 15 is 0 Å². The number of benzene rings is 1. The highest BCUT2D eigenvalue weighted by molar-refractivity contribution is 7.23. The monoisotopic (exact) mass is 381 g/mol. The molecule has 6 nitrogen and oxygen atoms in total. The van der Waals surface area contributed by atoms with E-state index in [1.165, 1.54) is 11.3 Å². The number of nitrogens with two attached hydrogens (primary N) is 1. The van der Waals surface area contributed by atoms with Crippen LogP contribution in [0, 0.1) is 0 Å². The minimum Gasteiger partial charge on any atom is -0.364 e. The molecule has 3 heterocycles. The highest BCUT2D eigenvalue weighted by Crippen LogP contribution is 2.41. The number of anilines is 3. The van der Waals surface area contributed by atoms with Crippen LogP contribution in [-0.2, 0) is 0 Å². The van der Waals surface area contributed by atoms with Gasteiger partial charge in [-0.3, -0.25) is 9.78 Å². The maximum atomic E-state index is 11.7. The topological polar surface area (TPSA) is 85.0 Å². The Kier molecular flexibility index (Phi) is 4.24. The van der Waals surface area contributed by atoms with Gasteiger partial charge in [0, 0.05) is 22.3 Å². The van der Waals surface area contributed by atoms with Gasteiger partial charge in [-0.15, -0.1) is 16.4 Å². The van der Waals surface area contributed by atoms with Crippen LogP contribution in [0.2, 0.25) is 5.02 Å². The number of pyridine rings is 1. The van der Waals surface area contributed by atoms with Crippen LogP contribution >= 0.6 is 22.9 Å². The lowest BCUT2D eigenvalue weighted by Gasteiger charge is -2.23. The number of rotatable bonds is 4. The van der Waals surface area contributed by atoms with Gasteiger partial charge in [-0.25, -0.2) is 0 Å². The number of nitrogens with zero attached hydrogens (tertiary/aromatic N) is 4. The second-order valence-electron chi connectivity index (χ2n) is 5.45. The van der Waals surface area contributed by atoms with Gasteiger partial charge in [0.15, 0.2) is 5.69 Å². The maximum Gasteiger partial charge on any atom is 0.270 e. The van der Waals surface area contributed by atoms with E-state index in [1.807, 2.05) is 47.4 Å². The van der Waals surface area contributed by atoms with E-state index in [1.54, 1.807) is 18.6 Å². The van der Waals surface area contributed by atoms with Gasteiger partial charge in [-0.05, 0) is 42.5 Å². The van der Waals surface area contributed by atoms with Crippen LogP contribution in [0.3, 0.4) is 0 Å². The van der Waals surface area contributed by atoms with E-state index in [9.17, 15) is 4.79 Å². The van der Waals surface area contributed by atoms with Crippen molar-refractivity contribution >= 4 is 55.3 Å². The second kappa shape index (κ2) is 6.70. The van der Waals surface area contributed by atoms with E-state index in [0.717, 1.165) is 21.8 Å². The van der Waals surface area contributed by atoms with Crippen LogP contribution in [0.15, 0.2) is 61.1 Å². The molecule has 0 unspecified atom stereocenters. The first kappa shape index (κ1) is 16.4. The van der Waals surface area contributed by atoms with Crippen molar-refractivity contribution in [1.29, 1.82) is 0 Å². The second-order valence-corrected chi connectivity index (χ2v) is 6.92. The van der Waals surface area contributed by atoms with Gasteiger partial charge in [0.1, 0.15) is 5.00 Å². The fraction of sp³-hybridized carbons (Fsp3) is 0. The molecule has 0 bridgehead atoms. The number of halogens is 1. The number of aromatic nitrogens is 3. The van der Waals surface area contributed by atoms with E-state index in [-0.39, 0.29) is 5.69 Å². The predicted molar refractivity (Wildman–Crippen MR) is 103 cm³/mol. The zero-order valence-corrected chi connectivity index (χ0v) is 14.9. The highest BCUT2D eigenvalue weighted by Gasteiger charge is 2.19. The number of amides is 1. The van der Waals surface area contributed by atoms with Gasteiger partial charge in [-0.1, -0.05) is 11.6 Å². The van der Waals surface area contributed by atoms with Gasteiger partial charge >= 0.3 is 0 Å². The molecule has 0 atom stereocenters. The summed E-state index contributed by atoms with van der Waals surface area (Å²) in [4.78, 5) is 17.9. The summed E-state index contributed by atoms with van der Waals surface area (Å²) in [6.45, 7) is 0. The summed E-state index contributed by atoms with van der Waals surface area (Å²) in [5.41, 5.74) is 7.39. The largest absolute Gasteiger partial charge is 0.364 e. The van der Waals surface area contributed by atoms with Crippen LogP contribution in [0.4, 0.5) is 16.4 Å². The van der Waals surface area contributed by atoms with Crippen LogP contribution < -0.4 is 10.6 Å². The van der Waals surface area contributed by atoms with Crippen molar-refractivity contribution < 1.29 is 4.79 Å².